The van der Waals surface area contributed by atoms with Gasteiger partial charge in [-0.2, -0.15) is 0 Å². The van der Waals surface area contributed by atoms with Gasteiger partial charge in [-0.3, -0.25) is 4.79 Å². The molecular weight excluding hydrogens is 380 g/mol. The Bertz CT molecular complexity index is 1050. The molecule has 1 saturated heterocycles. The Hall–Kier alpha value is -2.63. The van der Waals surface area contributed by atoms with Crippen LogP contribution < -0.4 is 15.4 Å². The minimum absolute atomic E-state index is 0.105. The molecule has 0 aliphatic carbocycles. The van der Waals surface area contributed by atoms with E-state index in [1.165, 1.54) is 11.8 Å². The average molecular weight is 397 g/mol. The summed E-state index contributed by atoms with van der Waals surface area (Å²) >= 11 is 7.51. The number of hydrogen-bond acceptors (Lipinski definition) is 4. The topological polar surface area (TPSA) is 50.4 Å². The third-order valence-corrected chi connectivity index (χ3v) is 5.55. The van der Waals surface area contributed by atoms with Crippen LogP contribution in [0.15, 0.2) is 65.6 Å². The van der Waals surface area contributed by atoms with E-state index < -0.39 is 0 Å². The number of amides is 1. The van der Waals surface area contributed by atoms with Crippen LogP contribution in [0.25, 0.3) is 16.8 Å². The summed E-state index contributed by atoms with van der Waals surface area (Å²) in [4.78, 5) is 13.1. The molecule has 0 bridgehead atoms. The molecule has 6 heteroatoms. The van der Waals surface area contributed by atoms with Crippen molar-refractivity contribution in [3.63, 3.8) is 0 Å². The highest BCUT2D eigenvalue weighted by atomic mass is 35.5. The number of halogens is 1. The van der Waals surface area contributed by atoms with Crippen LogP contribution in [0.4, 0.5) is 5.69 Å². The molecule has 4 rings (SSSR count). The maximum absolute atomic E-state index is 12.4. The smallest absolute Gasteiger partial charge is 0.260 e. The lowest BCUT2D eigenvalue weighted by atomic mass is 10.0. The Morgan fingerprint density at radius 3 is 2.81 bits per heavy atom. The molecule has 1 amide bonds. The van der Waals surface area contributed by atoms with Crippen LogP contribution in [0.2, 0.25) is 5.02 Å². The van der Waals surface area contributed by atoms with Gasteiger partial charge in [0.1, 0.15) is 5.75 Å². The largest absolute Gasteiger partial charge is 0.495 e. The van der Waals surface area contributed by atoms with E-state index in [1.807, 2.05) is 30.3 Å². The van der Waals surface area contributed by atoms with Crippen LogP contribution in [0.5, 0.6) is 5.75 Å². The lowest BCUT2D eigenvalue weighted by Crippen LogP contribution is -2.31. The number of carbonyl (C=O) groups is 1. The monoisotopic (exact) mass is 396 g/mol. The summed E-state index contributed by atoms with van der Waals surface area (Å²) in [6.45, 7) is 0. The molecule has 1 aliphatic heterocycles. The van der Waals surface area contributed by atoms with Crippen molar-refractivity contribution in [1.29, 1.82) is 0 Å². The molecule has 3 aromatic carbocycles. The molecule has 136 valence electrons. The number of anilines is 1. The van der Waals surface area contributed by atoms with Crippen LogP contribution in [0.3, 0.4) is 0 Å². The first kappa shape index (κ1) is 17.8. The zero-order valence-corrected chi connectivity index (χ0v) is 16.1. The number of methoxy groups -OCH3 is 1. The number of ether oxygens (including phenoxy) is 1. The number of nitrogens with one attached hydrogen (secondary N) is 2. The van der Waals surface area contributed by atoms with E-state index in [2.05, 4.69) is 28.8 Å². The molecule has 2 N–H and O–H groups in total. The molecule has 0 aromatic heterocycles. The van der Waals surface area contributed by atoms with E-state index >= 15 is 0 Å². The SMILES string of the molecule is COc1ccc(Cl)cc1NC1NC(=O)/C(=C/c2cccc3ccccc23)S1. The van der Waals surface area contributed by atoms with E-state index in [-0.39, 0.29) is 11.4 Å². The molecule has 27 heavy (non-hydrogen) atoms. The number of fused-ring (bicyclic) bond motifs is 1. The number of benzene rings is 3. The fourth-order valence-corrected chi connectivity index (χ4v) is 4.16. The summed E-state index contributed by atoms with van der Waals surface area (Å²) in [5.41, 5.74) is 1.45. The normalized spacial score (nSPS) is 17.9. The van der Waals surface area contributed by atoms with Crippen LogP contribution in [-0.2, 0) is 4.79 Å². The van der Waals surface area contributed by atoms with Gasteiger partial charge in [-0.15, -0.1) is 0 Å². The molecule has 0 spiro atoms. The molecule has 3 aromatic rings. The summed E-state index contributed by atoms with van der Waals surface area (Å²) in [6.07, 6.45) is 1.93. The van der Waals surface area contributed by atoms with Gasteiger partial charge in [-0.25, -0.2) is 0 Å². The minimum atomic E-state index is -0.300. The number of thioether (sulfide) groups is 1. The lowest BCUT2D eigenvalue weighted by Gasteiger charge is -2.15. The van der Waals surface area contributed by atoms with Gasteiger partial charge >= 0.3 is 0 Å². The number of carbonyl (C=O) groups excluding carboxylic acids is 1. The second-order valence-corrected chi connectivity index (χ2v) is 7.62. The molecule has 0 radical (unpaired) electrons. The second kappa shape index (κ2) is 7.55. The fraction of sp³-hybridized carbons (Fsp3) is 0.0952. The molecule has 1 aliphatic rings. The van der Waals surface area contributed by atoms with Gasteiger partial charge in [0.2, 0.25) is 0 Å². The zero-order chi connectivity index (χ0) is 18.8. The van der Waals surface area contributed by atoms with E-state index in [0.29, 0.717) is 15.7 Å². The van der Waals surface area contributed by atoms with E-state index in [0.717, 1.165) is 22.0 Å². The highest BCUT2D eigenvalue weighted by Gasteiger charge is 2.28. The predicted octanol–water partition coefficient (Wildman–Crippen LogP) is 5.10. The summed E-state index contributed by atoms with van der Waals surface area (Å²) in [5, 5.41) is 9.07. The first-order valence-electron chi connectivity index (χ1n) is 8.41. The average Bonchev–Trinajstić information content (AvgIpc) is 3.01. The Morgan fingerprint density at radius 2 is 1.96 bits per heavy atom. The first-order valence-corrected chi connectivity index (χ1v) is 9.67. The molecule has 0 saturated carbocycles. The van der Waals surface area contributed by atoms with E-state index in [4.69, 9.17) is 16.3 Å². The van der Waals surface area contributed by atoms with Gasteiger partial charge < -0.3 is 15.4 Å². The molecule has 1 fully saturated rings. The van der Waals surface area contributed by atoms with Crippen molar-refractivity contribution in [2.45, 2.75) is 5.50 Å². The van der Waals surface area contributed by atoms with Crippen LogP contribution in [0, 0.1) is 0 Å². The summed E-state index contributed by atoms with van der Waals surface area (Å²) in [5.74, 6) is 0.562. The van der Waals surface area contributed by atoms with Crippen molar-refractivity contribution >= 4 is 51.8 Å². The number of rotatable bonds is 4. The van der Waals surface area contributed by atoms with Crippen molar-refractivity contribution in [2.75, 3.05) is 12.4 Å². The Kier molecular flexibility index (Phi) is 4.97. The third-order valence-electron chi connectivity index (χ3n) is 4.29. The maximum Gasteiger partial charge on any atom is 0.260 e. The van der Waals surface area contributed by atoms with Gasteiger partial charge in [-0.1, -0.05) is 65.8 Å². The molecule has 1 atom stereocenters. The van der Waals surface area contributed by atoms with Gasteiger partial charge in [0, 0.05) is 5.02 Å². The van der Waals surface area contributed by atoms with Crippen molar-refractivity contribution < 1.29 is 9.53 Å². The predicted molar refractivity (Wildman–Crippen MR) is 113 cm³/mol. The lowest BCUT2D eigenvalue weighted by molar-refractivity contribution is -0.116. The molecule has 1 unspecified atom stereocenters. The molecule has 1 heterocycles. The van der Waals surface area contributed by atoms with Crippen molar-refractivity contribution in [3.05, 3.63) is 76.2 Å². The first-order chi connectivity index (χ1) is 13.1. The minimum Gasteiger partial charge on any atom is -0.495 e. The van der Waals surface area contributed by atoms with Gasteiger partial charge in [0.05, 0.1) is 17.7 Å². The Labute approximate surface area is 166 Å². The van der Waals surface area contributed by atoms with Gasteiger partial charge in [0.15, 0.2) is 5.50 Å². The highest BCUT2D eigenvalue weighted by molar-refractivity contribution is 8.05. The Balaban J connectivity index is 1.59. The zero-order valence-electron chi connectivity index (χ0n) is 14.5. The fourth-order valence-electron chi connectivity index (χ4n) is 3.02. The molecule has 4 nitrogen and oxygen atoms in total. The summed E-state index contributed by atoms with van der Waals surface area (Å²) < 4.78 is 5.35. The Morgan fingerprint density at radius 1 is 1.15 bits per heavy atom. The quantitative estimate of drug-likeness (QED) is 0.602. The van der Waals surface area contributed by atoms with Crippen LogP contribution in [-0.4, -0.2) is 18.5 Å². The van der Waals surface area contributed by atoms with E-state index in [9.17, 15) is 4.79 Å². The van der Waals surface area contributed by atoms with Gasteiger partial charge in [-0.05, 0) is 40.6 Å². The maximum atomic E-state index is 12.4. The van der Waals surface area contributed by atoms with Gasteiger partial charge in [0.25, 0.3) is 5.91 Å². The third kappa shape index (κ3) is 3.75. The van der Waals surface area contributed by atoms with E-state index in [1.54, 1.807) is 25.3 Å². The van der Waals surface area contributed by atoms with Crippen molar-refractivity contribution in [1.82, 2.24) is 5.32 Å². The summed E-state index contributed by atoms with van der Waals surface area (Å²) in [7, 11) is 1.60. The standard InChI is InChI=1S/C21H17ClN2O2S/c1-26-18-10-9-15(22)12-17(18)23-21-24-20(25)19(27-21)11-14-7-4-6-13-5-2-3-8-16(13)14/h2-12,21,23H,1H3,(H,24,25)/b19-11-. The molecular formula is C21H17ClN2O2S. The van der Waals surface area contributed by atoms with Crippen LogP contribution >= 0.6 is 23.4 Å². The van der Waals surface area contributed by atoms with Crippen molar-refractivity contribution in [3.8, 4) is 5.75 Å². The number of hydrogen-bond donors (Lipinski definition) is 2. The second-order valence-electron chi connectivity index (χ2n) is 6.04. The van der Waals surface area contributed by atoms with Crippen molar-refractivity contribution in [2.24, 2.45) is 0 Å². The highest BCUT2D eigenvalue weighted by Crippen LogP contribution is 2.35. The van der Waals surface area contributed by atoms with Crippen LogP contribution in [0.1, 0.15) is 5.56 Å². The summed E-state index contributed by atoms with van der Waals surface area (Å²) in [6, 6.07) is 19.5.